The largest absolute Gasteiger partial charge is 0.461 e. The minimum atomic E-state index is -0.680. The number of hydrogen-bond acceptors (Lipinski definition) is 3. The Balaban J connectivity index is 2.87. The summed E-state index contributed by atoms with van der Waals surface area (Å²) >= 11 is 0. The summed E-state index contributed by atoms with van der Waals surface area (Å²) in [5.41, 5.74) is 0.120. The third kappa shape index (κ3) is 1.61. The maximum Gasteiger partial charge on any atom is 0.356 e. The molecule has 0 unspecified atom stereocenters. The van der Waals surface area contributed by atoms with Crippen LogP contribution in [0.2, 0.25) is 0 Å². The van der Waals surface area contributed by atoms with Gasteiger partial charge in [0.2, 0.25) is 5.95 Å². The second kappa shape index (κ2) is 3.34. The molecule has 0 bridgehead atoms. The topological polar surface area (TPSA) is 44.1 Å². The highest BCUT2D eigenvalue weighted by Crippen LogP contribution is 2.02. The van der Waals surface area contributed by atoms with Gasteiger partial charge in [0.05, 0.1) is 6.61 Å². The fraction of sp³-hybridized carbons (Fsp3) is 0.429. The molecule has 1 heterocycles. The molecule has 0 amide bonds. The lowest BCUT2D eigenvalue weighted by Gasteiger charge is -1.99. The van der Waals surface area contributed by atoms with Gasteiger partial charge in [0.25, 0.3) is 0 Å². The predicted molar refractivity (Wildman–Crippen MR) is 39.1 cm³/mol. The molecule has 0 N–H and O–H groups in total. The number of nitrogens with zero attached hydrogens (tertiary/aromatic N) is 2. The van der Waals surface area contributed by atoms with E-state index in [4.69, 9.17) is 0 Å². The lowest BCUT2D eigenvalue weighted by atomic mass is 10.4. The number of carbonyl (C=O) groups is 1. The Morgan fingerprint density at radius 1 is 1.83 bits per heavy atom. The number of ether oxygens (including phenoxy) is 1. The minimum absolute atomic E-state index is 0.120. The molecule has 66 valence electrons. The van der Waals surface area contributed by atoms with E-state index in [0.717, 1.165) is 10.7 Å². The molecule has 0 aliphatic rings. The van der Waals surface area contributed by atoms with E-state index in [1.165, 1.54) is 7.05 Å². The van der Waals surface area contributed by atoms with E-state index in [1.807, 2.05) is 0 Å². The van der Waals surface area contributed by atoms with E-state index in [9.17, 15) is 9.18 Å². The Kier molecular flexibility index (Phi) is 2.42. The molecule has 1 rings (SSSR count). The van der Waals surface area contributed by atoms with Gasteiger partial charge in [0.1, 0.15) is 5.69 Å². The quantitative estimate of drug-likeness (QED) is 0.618. The molecular weight excluding hydrogens is 163 g/mol. The molecule has 0 radical (unpaired) electrons. The third-order valence-corrected chi connectivity index (χ3v) is 1.33. The number of hydrogen-bond donors (Lipinski definition) is 0. The summed E-state index contributed by atoms with van der Waals surface area (Å²) in [6.45, 7) is 1.95. The normalized spacial score (nSPS) is 9.92. The zero-order chi connectivity index (χ0) is 9.14. The Labute approximate surface area is 68.9 Å². The van der Waals surface area contributed by atoms with Crippen molar-refractivity contribution >= 4 is 5.97 Å². The summed E-state index contributed by atoms with van der Waals surface area (Å²) in [4.78, 5) is 11.0. The minimum Gasteiger partial charge on any atom is -0.461 e. The van der Waals surface area contributed by atoms with Crippen molar-refractivity contribution in [1.29, 1.82) is 0 Å². The summed E-state index contributed by atoms with van der Waals surface area (Å²) in [6.07, 6.45) is 0. The molecule has 4 nitrogen and oxygen atoms in total. The Morgan fingerprint density at radius 3 is 2.92 bits per heavy atom. The van der Waals surface area contributed by atoms with Gasteiger partial charge in [-0.2, -0.15) is 4.39 Å². The summed E-state index contributed by atoms with van der Waals surface area (Å²) in [5.74, 6) is -1.24. The van der Waals surface area contributed by atoms with E-state index in [1.54, 1.807) is 6.92 Å². The van der Waals surface area contributed by atoms with Gasteiger partial charge in [0, 0.05) is 13.1 Å². The highest BCUT2D eigenvalue weighted by atomic mass is 19.1. The highest BCUT2D eigenvalue weighted by molar-refractivity contribution is 5.87. The predicted octanol–water partition coefficient (Wildman–Crippen LogP) is 0.736. The molecule has 1 aromatic heterocycles. The van der Waals surface area contributed by atoms with Crippen LogP contribution in [0.5, 0.6) is 0 Å². The molecule has 0 atom stereocenters. The standard InChI is InChI=1S/C7H9FN2O2/c1-3-12-7(11)5-4-6(8)9-10(5)2/h4H,3H2,1-2H3. The summed E-state index contributed by atoms with van der Waals surface area (Å²) in [6, 6.07) is 1.04. The molecular formula is C7H9FN2O2. The summed E-state index contributed by atoms with van der Waals surface area (Å²) in [5, 5.41) is 3.36. The first-order valence-electron chi connectivity index (χ1n) is 3.51. The zero-order valence-electron chi connectivity index (χ0n) is 6.87. The van der Waals surface area contributed by atoms with E-state index in [-0.39, 0.29) is 12.3 Å². The third-order valence-electron chi connectivity index (χ3n) is 1.33. The Morgan fingerprint density at radius 2 is 2.50 bits per heavy atom. The van der Waals surface area contributed by atoms with Crippen LogP contribution in [0.1, 0.15) is 17.4 Å². The molecule has 0 spiro atoms. The maximum atomic E-state index is 12.4. The van der Waals surface area contributed by atoms with E-state index in [0.29, 0.717) is 0 Å². The van der Waals surface area contributed by atoms with E-state index >= 15 is 0 Å². The molecule has 0 saturated heterocycles. The van der Waals surface area contributed by atoms with Gasteiger partial charge in [0.15, 0.2) is 0 Å². The van der Waals surface area contributed by atoms with Crippen molar-refractivity contribution in [2.24, 2.45) is 7.05 Å². The fourth-order valence-electron chi connectivity index (χ4n) is 0.828. The number of halogens is 1. The lowest BCUT2D eigenvalue weighted by molar-refractivity contribution is 0.0513. The van der Waals surface area contributed by atoms with Crippen LogP contribution in [0.25, 0.3) is 0 Å². The van der Waals surface area contributed by atoms with Crippen LogP contribution in [-0.2, 0) is 11.8 Å². The SMILES string of the molecule is CCOC(=O)c1cc(F)nn1C. The van der Waals surface area contributed by atoms with Crippen LogP contribution >= 0.6 is 0 Å². The van der Waals surface area contributed by atoms with Crippen LogP contribution in [-0.4, -0.2) is 22.4 Å². The summed E-state index contributed by atoms with van der Waals surface area (Å²) < 4.78 is 18.3. The van der Waals surface area contributed by atoms with Crippen molar-refractivity contribution < 1.29 is 13.9 Å². The fourth-order valence-corrected chi connectivity index (χ4v) is 0.828. The number of aromatic nitrogens is 2. The zero-order valence-corrected chi connectivity index (χ0v) is 6.87. The Hall–Kier alpha value is -1.39. The monoisotopic (exact) mass is 172 g/mol. The number of esters is 1. The van der Waals surface area contributed by atoms with Crippen LogP contribution in [0.3, 0.4) is 0 Å². The molecule has 0 aliphatic carbocycles. The molecule has 0 aromatic carbocycles. The van der Waals surface area contributed by atoms with Gasteiger partial charge < -0.3 is 4.74 Å². The van der Waals surface area contributed by atoms with Crippen molar-refractivity contribution in [3.05, 3.63) is 17.7 Å². The first-order chi connectivity index (χ1) is 5.65. The molecule has 0 aliphatic heterocycles. The lowest BCUT2D eigenvalue weighted by Crippen LogP contribution is -2.10. The average molecular weight is 172 g/mol. The van der Waals surface area contributed by atoms with Crippen LogP contribution < -0.4 is 0 Å². The number of rotatable bonds is 2. The van der Waals surface area contributed by atoms with Crippen molar-refractivity contribution in [2.45, 2.75) is 6.92 Å². The maximum absolute atomic E-state index is 12.4. The number of carbonyl (C=O) groups excluding carboxylic acids is 1. The first-order valence-corrected chi connectivity index (χ1v) is 3.51. The van der Waals surface area contributed by atoms with Crippen molar-refractivity contribution in [3.8, 4) is 0 Å². The second-order valence-corrected chi connectivity index (χ2v) is 2.20. The molecule has 5 heteroatoms. The van der Waals surface area contributed by atoms with Gasteiger partial charge in [-0.3, -0.25) is 4.68 Å². The van der Waals surface area contributed by atoms with Gasteiger partial charge in [-0.15, -0.1) is 5.10 Å². The second-order valence-electron chi connectivity index (χ2n) is 2.20. The molecule has 0 fully saturated rings. The van der Waals surface area contributed by atoms with Gasteiger partial charge in [-0.1, -0.05) is 0 Å². The van der Waals surface area contributed by atoms with Crippen molar-refractivity contribution in [1.82, 2.24) is 9.78 Å². The smallest absolute Gasteiger partial charge is 0.356 e. The highest BCUT2D eigenvalue weighted by Gasteiger charge is 2.13. The summed E-state index contributed by atoms with van der Waals surface area (Å²) in [7, 11) is 1.48. The van der Waals surface area contributed by atoms with Gasteiger partial charge >= 0.3 is 5.97 Å². The molecule has 1 aromatic rings. The van der Waals surface area contributed by atoms with Gasteiger partial charge in [-0.25, -0.2) is 4.79 Å². The van der Waals surface area contributed by atoms with Crippen LogP contribution in [0, 0.1) is 5.95 Å². The van der Waals surface area contributed by atoms with Crippen molar-refractivity contribution in [2.75, 3.05) is 6.61 Å². The van der Waals surface area contributed by atoms with E-state index in [2.05, 4.69) is 9.84 Å². The first kappa shape index (κ1) is 8.70. The molecule has 12 heavy (non-hydrogen) atoms. The Bertz CT molecular complexity index is 296. The van der Waals surface area contributed by atoms with Crippen molar-refractivity contribution in [3.63, 3.8) is 0 Å². The van der Waals surface area contributed by atoms with Crippen LogP contribution in [0.15, 0.2) is 6.07 Å². The van der Waals surface area contributed by atoms with E-state index < -0.39 is 11.9 Å². The van der Waals surface area contributed by atoms with Crippen LogP contribution in [0.4, 0.5) is 4.39 Å². The van der Waals surface area contributed by atoms with Gasteiger partial charge in [-0.05, 0) is 6.92 Å². The molecule has 0 saturated carbocycles. The number of aryl methyl sites for hydroxylation is 1. The average Bonchev–Trinajstić information content (AvgIpc) is 2.30.